The van der Waals surface area contributed by atoms with Gasteiger partial charge in [-0.2, -0.15) is 0 Å². The zero-order valence-electron chi connectivity index (χ0n) is 67.3. The third-order valence-corrected chi connectivity index (χ3v) is 19.6. The summed E-state index contributed by atoms with van der Waals surface area (Å²) in [6.45, 7) is 35.2. The van der Waals surface area contributed by atoms with Crippen LogP contribution in [-0.4, -0.2) is 13.4 Å². The molecule has 7 heteroatoms. The average Bonchev–Trinajstić information content (AvgIpc) is 0.699. The fraction of sp³-hybridized carbons (Fsp3) is 0.318. The highest BCUT2D eigenvalue weighted by molar-refractivity contribution is 7.00. The lowest BCUT2D eigenvalue weighted by Crippen LogP contribution is -2.60. The van der Waals surface area contributed by atoms with Crippen molar-refractivity contribution in [1.29, 1.82) is 0 Å². The van der Waals surface area contributed by atoms with Gasteiger partial charge in [0.15, 0.2) is 0 Å². The Kier molecular flexibility index (Phi) is 13.5. The van der Waals surface area contributed by atoms with Crippen LogP contribution in [-0.2, 0) is 37.9 Å². The maximum atomic E-state index is 10.4. The van der Waals surface area contributed by atoms with E-state index in [4.69, 9.17) is 17.7 Å². The number of anilines is 9. The molecule has 4 heterocycles. The van der Waals surface area contributed by atoms with Crippen LogP contribution in [0.5, 0.6) is 23.0 Å². The molecule has 0 aromatic heterocycles. The van der Waals surface area contributed by atoms with E-state index >= 15 is 0 Å². The second-order valence-corrected chi connectivity index (χ2v) is 33.1. The van der Waals surface area contributed by atoms with E-state index in [1.54, 1.807) is 12.1 Å². The van der Waals surface area contributed by atoms with Crippen molar-refractivity contribution in [3.05, 3.63) is 245 Å². The lowest BCUT2D eigenvalue weighted by atomic mass is 9.33. The largest absolute Gasteiger partial charge is 0.458 e. The van der Waals surface area contributed by atoms with Gasteiger partial charge in [-0.3, -0.25) is 0 Å². The molecule has 0 radical (unpaired) electrons. The molecule has 10 aromatic carbocycles. The van der Waals surface area contributed by atoms with Crippen LogP contribution in [0.1, 0.15) is 195 Å². The lowest BCUT2D eigenvalue weighted by Gasteiger charge is -2.42. The minimum Gasteiger partial charge on any atom is -0.458 e. The van der Waals surface area contributed by atoms with Gasteiger partial charge in [0.25, 0.3) is 13.4 Å². The standard InChI is InChI=1S/C48H49BN2O.C40H48BNO/c1-46(2,3)32-20-24-37(25-21-32)51-41-26-22-33(47(4,5)6)28-39(41)49-40-29-34(48(7,8)9)23-27-43(40)52-44-31-38(30-42(51)45(44)49)50(35-16-12-10-13-17-35)36-18-14-11-15-19-36;1-37(2,3)25-13-17-29(18-14-25)42-32-19-15-26(38(4,5)6)21-30(32)41-31-22-27(39(7,8)9)16-20-34(31)43-35-24-28(40(10,11)12)23-33(42)36(35)41/h10-31H,1-9H3;13-24H,1-12H3/i30D,31D;10D3,11D3. The van der Waals surface area contributed by atoms with Crippen molar-refractivity contribution in [1.82, 2.24) is 0 Å². The molecule has 14 rings (SSSR count). The van der Waals surface area contributed by atoms with E-state index in [2.05, 4.69) is 250 Å². The number of para-hydroxylation sites is 2. The predicted molar refractivity (Wildman–Crippen MR) is 410 cm³/mol. The van der Waals surface area contributed by atoms with E-state index < -0.39 is 19.1 Å². The summed E-state index contributed by atoms with van der Waals surface area (Å²) in [6, 6.07) is 67.7. The maximum Gasteiger partial charge on any atom is 0.256 e. The minimum atomic E-state index is -2.82. The van der Waals surface area contributed by atoms with Gasteiger partial charge in [0.05, 0.1) is 8.43 Å². The van der Waals surface area contributed by atoms with E-state index in [9.17, 15) is 2.74 Å². The highest BCUT2D eigenvalue weighted by Crippen LogP contribution is 2.49. The van der Waals surface area contributed by atoms with Crippen molar-refractivity contribution in [2.45, 2.75) is 183 Å². The van der Waals surface area contributed by atoms with Gasteiger partial charge in [0.2, 0.25) is 0 Å². The van der Waals surface area contributed by atoms with E-state index in [0.717, 1.165) is 84.0 Å². The number of benzene rings is 10. The van der Waals surface area contributed by atoms with Crippen molar-refractivity contribution in [3.63, 3.8) is 0 Å². The van der Waals surface area contributed by atoms with Crippen molar-refractivity contribution < 1.29 is 20.4 Å². The third-order valence-electron chi connectivity index (χ3n) is 19.6. The summed E-state index contributed by atoms with van der Waals surface area (Å²) in [7, 11) is 0. The van der Waals surface area contributed by atoms with Crippen LogP contribution in [0, 0.1) is 0 Å². The SMILES string of the molecule is [2H]C([2H])([2H])C(C)(c1cc2c3c(c1)N(c1ccc(C(C)(C)C)cc1)c1ccc(C(C)(C)C)cc1B3c1cc(C(C)(C)C)ccc1O2)C([2H])([2H])[2H].[2H]c1c2c3c(c([2H])c1N(c1ccccc1)c1ccccc1)N(c1ccc(C(C)(C)C)cc1)c1ccc(C(C)(C)C)cc1B3c1cc(C(C)(C)C)ccc1O2. The van der Waals surface area contributed by atoms with Crippen molar-refractivity contribution in [2.75, 3.05) is 14.7 Å². The van der Waals surface area contributed by atoms with Crippen LogP contribution < -0.4 is 57.0 Å². The molecule has 0 bridgehead atoms. The Labute approximate surface area is 581 Å². The van der Waals surface area contributed by atoms with Gasteiger partial charge >= 0.3 is 0 Å². The second kappa shape index (κ2) is 23.0. The lowest BCUT2D eigenvalue weighted by molar-refractivity contribution is 0.482. The van der Waals surface area contributed by atoms with Gasteiger partial charge in [-0.15, -0.1) is 0 Å². The molecule has 4 aliphatic heterocycles. The number of ether oxygens (including phenoxy) is 2. The number of nitrogens with zero attached hydrogens (tertiary/aromatic N) is 3. The quantitative estimate of drug-likeness (QED) is 0.160. The van der Waals surface area contributed by atoms with Crippen LogP contribution in [0.4, 0.5) is 51.2 Å². The van der Waals surface area contributed by atoms with E-state index in [1.807, 2.05) is 71.6 Å². The van der Waals surface area contributed by atoms with Crippen LogP contribution in [0.25, 0.3) is 0 Å². The second-order valence-electron chi connectivity index (χ2n) is 33.1. The minimum absolute atomic E-state index is 0.0149. The highest BCUT2D eigenvalue weighted by Gasteiger charge is 2.46. The number of rotatable bonds is 5. The van der Waals surface area contributed by atoms with Crippen molar-refractivity contribution in [3.8, 4) is 23.0 Å². The maximum absolute atomic E-state index is 10.4. The molecule has 0 saturated heterocycles. The van der Waals surface area contributed by atoms with Gasteiger partial charge in [-0.25, -0.2) is 0 Å². The summed E-state index contributed by atoms with van der Waals surface area (Å²) in [5.74, 6) is 2.42. The topological polar surface area (TPSA) is 28.2 Å². The Hall–Kier alpha value is -8.67. The Morgan fingerprint density at radius 2 is 0.663 bits per heavy atom. The van der Waals surface area contributed by atoms with Crippen LogP contribution in [0.3, 0.4) is 0 Å². The molecule has 0 N–H and O–H groups in total. The van der Waals surface area contributed by atoms with Crippen LogP contribution >= 0.6 is 0 Å². The fourth-order valence-electron chi connectivity index (χ4n) is 13.9. The molecule has 4 aliphatic rings. The zero-order chi connectivity index (χ0) is 74.6. The van der Waals surface area contributed by atoms with E-state index in [-0.39, 0.29) is 63.6 Å². The molecular weight excluding hydrogens is 1150 g/mol. The molecule has 5 nitrogen and oxygen atoms in total. The first kappa shape index (κ1) is 55.6. The summed E-state index contributed by atoms with van der Waals surface area (Å²) >= 11 is 0. The highest BCUT2D eigenvalue weighted by atomic mass is 16.5. The number of fused-ring (bicyclic) bond motifs is 8. The Balaban J connectivity index is 0.000000184. The van der Waals surface area contributed by atoms with E-state index in [0.29, 0.717) is 22.9 Å². The monoisotopic (exact) mass is 1260 g/mol. The molecule has 482 valence electrons. The Morgan fingerprint density at radius 3 is 1.06 bits per heavy atom. The van der Waals surface area contributed by atoms with Gasteiger partial charge in [-0.1, -0.05) is 254 Å². The zero-order valence-corrected chi connectivity index (χ0v) is 59.3. The van der Waals surface area contributed by atoms with Gasteiger partial charge in [0, 0.05) is 59.8 Å². The molecule has 10 aromatic rings. The summed E-state index contributed by atoms with van der Waals surface area (Å²) in [5, 5.41) is 0. The first-order valence-electron chi connectivity index (χ1n) is 37.9. The molecule has 0 saturated carbocycles. The number of hydrogen-bond donors (Lipinski definition) is 0. The predicted octanol–water partition coefficient (Wildman–Crippen LogP) is 20.7. The number of hydrogen-bond acceptors (Lipinski definition) is 5. The summed E-state index contributed by atoms with van der Waals surface area (Å²) in [4.78, 5) is 6.45. The molecule has 0 atom stereocenters. The van der Waals surface area contributed by atoms with Crippen molar-refractivity contribution in [2.24, 2.45) is 0 Å². The van der Waals surface area contributed by atoms with Crippen LogP contribution in [0.15, 0.2) is 206 Å². The van der Waals surface area contributed by atoms with Gasteiger partial charge in [0.1, 0.15) is 23.0 Å². The Bertz CT molecular complexity index is 4900. The van der Waals surface area contributed by atoms with Crippen molar-refractivity contribution >= 4 is 97.4 Å². The molecule has 0 fully saturated rings. The molecule has 0 spiro atoms. The summed E-state index contributed by atoms with van der Waals surface area (Å²) in [5.41, 5.74) is 18.6. The third kappa shape index (κ3) is 12.1. The van der Waals surface area contributed by atoms with Gasteiger partial charge < -0.3 is 24.2 Å². The van der Waals surface area contributed by atoms with Crippen LogP contribution in [0.2, 0.25) is 0 Å². The molecular formula is C88H97B2N3O2. The molecule has 0 aliphatic carbocycles. The molecule has 0 unspecified atom stereocenters. The Morgan fingerprint density at radius 1 is 0.305 bits per heavy atom. The smallest absolute Gasteiger partial charge is 0.256 e. The van der Waals surface area contributed by atoms with E-state index in [1.165, 1.54) is 40.3 Å². The average molecular weight is 1260 g/mol. The van der Waals surface area contributed by atoms with Gasteiger partial charge in [-0.05, 0) is 201 Å². The first-order valence-corrected chi connectivity index (χ1v) is 33.9. The normalized spacial score (nSPS) is 15.5. The molecule has 95 heavy (non-hydrogen) atoms. The summed E-state index contributed by atoms with van der Waals surface area (Å²) in [6.07, 6.45) is 0. The first-order chi connectivity index (χ1) is 47.9. The summed E-state index contributed by atoms with van der Waals surface area (Å²) < 4.78 is 85.2. The fourth-order valence-corrected chi connectivity index (χ4v) is 13.9. The molecule has 0 amide bonds.